The molecule has 0 fully saturated rings. The number of rotatable bonds is 4. The topological polar surface area (TPSA) is 36.4 Å². The number of nitrogens with zero attached hydrogens (tertiary/aromatic N) is 3. The van der Waals surface area contributed by atoms with Crippen molar-refractivity contribution >= 4 is 11.6 Å². The molecule has 5 heteroatoms. The highest BCUT2D eigenvalue weighted by Gasteiger charge is 2.12. The Kier molecular flexibility index (Phi) is 4.52. The number of hydrogen-bond donors (Lipinski definition) is 0. The summed E-state index contributed by atoms with van der Waals surface area (Å²) >= 11 is 0. The average molecular weight is 287 g/mol. The number of carbonyl (C=O) groups excluding carboxylic acids is 1. The summed E-state index contributed by atoms with van der Waals surface area (Å²) in [6.45, 7) is 0.490. The molecule has 2 aromatic rings. The Hall–Kier alpha value is -2.43. The van der Waals surface area contributed by atoms with Gasteiger partial charge in [-0.25, -0.2) is 4.98 Å². The van der Waals surface area contributed by atoms with Crippen molar-refractivity contribution in [1.82, 2.24) is 9.88 Å². The highest BCUT2D eigenvalue weighted by molar-refractivity contribution is 5.93. The number of halogens is 1. The van der Waals surface area contributed by atoms with Crippen LogP contribution in [0, 0.1) is 5.95 Å². The first-order valence-corrected chi connectivity index (χ1v) is 6.60. The van der Waals surface area contributed by atoms with Gasteiger partial charge < -0.3 is 9.80 Å². The molecule has 0 aliphatic heterocycles. The standard InChI is InChI=1S/C16H18FN3O/c1-19(2)14-7-4-12(5-8-14)11-20(3)16(21)13-6-9-15(17)18-10-13/h4-10H,11H2,1-3H3. The van der Waals surface area contributed by atoms with Crippen LogP contribution in [-0.2, 0) is 6.54 Å². The molecule has 4 nitrogen and oxygen atoms in total. The highest BCUT2D eigenvalue weighted by Crippen LogP contribution is 2.14. The molecule has 0 N–H and O–H groups in total. The van der Waals surface area contributed by atoms with E-state index in [4.69, 9.17) is 0 Å². The van der Waals surface area contributed by atoms with Crippen LogP contribution < -0.4 is 4.90 Å². The average Bonchev–Trinajstić information content (AvgIpc) is 2.47. The maximum atomic E-state index is 12.8. The molecule has 0 spiro atoms. The molecule has 21 heavy (non-hydrogen) atoms. The largest absolute Gasteiger partial charge is 0.378 e. The van der Waals surface area contributed by atoms with Crippen LogP contribution in [0.1, 0.15) is 15.9 Å². The molecule has 1 aromatic carbocycles. The number of carbonyl (C=O) groups is 1. The van der Waals surface area contributed by atoms with Gasteiger partial charge in [-0.1, -0.05) is 12.1 Å². The van der Waals surface area contributed by atoms with E-state index < -0.39 is 5.95 Å². The Balaban J connectivity index is 2.05. The van der Waals surface area contributed by atoms with Gasteiger partial charge in [0, 0.05) is 39.6 Å². The molecule has 1 aromatic heterocycles. The Morgan fingerprint density at radius 3 is 2.29 bits per heavy atom. The summed E-state index contributed by atoms with van der Waals surface area (Å²) in [5.74, 6) is -0.771. The monoisotopic (exact) mass is 287 g/mol. The second-order valence-corrected chi connectivity index (χ2v) is 5.09. The lowest BCUT2D eigenvalue weighted by molar-refractivity contribution is 0.0784. The predicted molar refractivity (Wildman–Crippen MR) is 80.8 cm³/mol. The minimum Gasteiger partial charge on any atom is -0.378 e. The van der Waals surface area contributed by atoms with E-state index in [1.54, 1.807) is 11.9 Å². The van der Waals surface area contributed by atoms with E-state index >= 15 is 0 Å². The van der Waals surface area contributed by atoms with Gasteiger partial charge in [0.25, 0.3) is 5.91 Å². The first-order chi connectivity index (χ1) is 9.97. The Labute approximate surface area is 123 Å². The summed E-state index contributed by atoms with van der Waals surface area (Å²) in [4.78, 5) is 19.3. The number of pyridine rings is 1. The highest BCUT2D eigenvalue weighted by atomic mass is 19.1. The molecular weight excluding hydrogens is 269 g/mol. The van der Waals surface area contributed by atoms with Crippen LogP contribution in [0.3, 0.4) is 0 Å². The zero-order valence-electron chi connectivity index (χ0n) is 12.4. The molecule has 0 unspecified atom stereocenters. The lowest BCUT2D eigenvalue weighted by Crippen LogP contribution is -2.26. The third kappa shape index (κ3) is 3.78. The van der Waals surface area contributed by atoms with Gasteiger partial charge in [-0.3, -0.25) is 4.79 Å². The molecule has 110 valence electrons. The van der Waals surface area contributed by atoms with Gasteiger partial charge in [0.1, 0.15) is 0 Å². The maximum absolute atomic E-state index is 12.8. The lowest BCUT2D eigenvalue weighted by Gasteiger charge is -2.18. The molecule has 2 rings (SSSR count). The quantitative estimate of drug-likeness (QED) is 0.811. The predicted octanol–water partition coefficient (Wildman–Crippen LogP) is 2.56. The van der Waals surface area contributed by atoms with Crippen LogP contribution in [-0.4, -0.2) is 36.9 Å². The van der Waals surface area contributed by atoms with Crippen LogP contribution in [0.2, 0.25) is 0 Å². The van der Waals surface area contributed by atoms with Gasteiger partial charge >= 0.3 is 0 Å². The van der Waals surface area contributed by atoms with Crippen molar-refractivity contribution in [3.63, 3.8) is 0 Å². The van der Waals surface area contributed by atoms with Gasteiger partial charge in [0.05, 0.1) is 5.56 Å². The number of amides is 1. The molecule has 1 heterocycles. The van der Waals surface area contributed by atoms with E-state index in [-0.39, 0.29) is 5.91 Å². The maximum Gasteiger partial charge on any atom is 0.255 e. The van der Waals surface area contributed by atoms with Crippen molar-refractivity contribution in [2.24, 2.45) is 0 Å². The fourth-order valence-electron chi connectivity index (χ4n) is 1.97. The molecular formula is C16H18FN3O. The van der Waals surface area contributed by atoms with E-state index in [1.807, 2.05) is 43.3 Å². The van der Waals surface area contributed by atoms with Crippen LogP contribution >= 0.6 is 0 Å². The first-order valence-electron chi connectivity index (χ1n) is 6.60. The molecule has 1 amide bonds. The third-order valence-corrected chi connectivity index (χ3v) is 3.19. The summed E-state index contributed by atoms with van der Waals surface area (Å²) in [5, 5.41) is 0. The molecule has 0 aliphatic carbocycles. The molecule has 0 atom stereocenters. The molecule has 0 radical (unpaired) electrons. The Morgan fingerprint density at radius 1 is 1.10 bits per heavy atom. The smallest absolute Gasteiger partial charge is 0.255 e. The SMILES string of the molecule is CN(Cc1ccc(N(C)C)cc1)C(=O)c1ccc(F)nc1. The normalized spacial score (nSPS) is 10.3. The first kappa shape index (κ1) is 15.0. The second kappa shape index (κ2) is 6.35. The number of hydrogen-bond acceptors (Lipinski definition) is 3. The lowest BCUT2D eigenvalue weighted by atomic mass is 10.1. The Bertz CT molecular complexity index is 608. The van der Waals surface area contributed by atoms with Crippen LogP contribution in [0.4, 0.5) is 10.1 Å². The van der Waals surface area contributed by atoms with Crippen molar-refractivity contribution in [2.75, 3.05) is 26.0 Å². The molecule has 0 aliphatic rings. The zero-order chi connectivity index (χ0) is 15.4. The van der Waals surface area contributed by atoms with Crippen LogP contribution in [0.15, 0.2) is 42.6 Å². The van der Waals surface area contributed by atoms with E-state index in [0.29, 0.717) is 12.1 Å². The fourth-order valence-corrected chi connectivity index (χ4v) is 1.97. The van der Waals surface area contributed by atoms with E-state index in [9.17, 15) is 9.18 Å². The number of aromatic nitrogens is 1. The van der Waals surface area contributed by atoms with Crippen molar-refractivity contribution in [3.05, 3.63) is 59.7 Å². The summed E-state index contributed by atoms with van der Waals surface area (Å²) in [5.41, 5.74) is 2.52. The summed E-state index contributed by atoms with van der Waals surface area (Å²) < 4.78 is 12.8. The van der Waals surface area contributed by atoms with Gasteiger partial charge in [-0.2, -0.15) is 4.39 Å². The van der Waals surface area contributed by atoms with Gasteiger partial charge in [-0.05, 0) is 29.8 Å². The fraction of sp³-hybridized carbons (Fsp3) is 0.250. The van der Waals surface area contributed by atoms with E-state index in [1.165, 1.54) is 18.3 Å². The van der Waals surface area contributed by atoms with E-state index in [2.05, 4.69) is 4.98 Å². The zero-order valence-corrected chi connectivity index (χ0v) is 12.4. The number of benzene rings is 1. The minimum absolute atomic E-state index is 0.181. The molecule has 0 saturated heterocycles. The second-order valence-electron chi connectivity index (χ2n) is 5.09. The van der Waals surface area contributed by atoms with Crippen molar-refractivity contribution in [2.45, 2.75) is 6.54 Å². The van der Waals surface area contributed by atoms with Crippen LogP contribution in [0.25, 0.3) is 0 Å². The summed E-state index contributed by atoms with van der Waals surface area (Å²) in [6, 6.07) is 10.6. The van der Waals surface area contributed by atoms with Crippen LogP contribution in [0.5, 0.6) is 0 Å². The molecule has 0 saturated carbocycles. The van der Waals surface area contributed by atoms with Crippen molar-refractivity contribution in [1.29, 1.82) is 0 Å². The molecule has 0 bridgehead atoms. The summed E-state index contributed by atoms with van der Waals surface area (Å²) in [6.07, 6.45) is 1.25. The van der Waals surface area contributed by atoms with Gasteiger partial charge in [-0.15, -0.1) is 0 Å². The summed E-state index contributed by atoms with van der Waals surface area (Å²) in [7, 11) is 5.67. The van der Waals surface area contributed by atoms with Gasteiger partial charge in [0.15, 0.2) is 0 Å². The van der Waals surface area contributed by atoms with Crippen molar-refractivity contribution < 1.29 is 9.18 Å². The number of anilines is 1. The van der Waals surface area contributed by atoms with Gasteiger partial charge in [0.2, 0.25) is 5.95 Å². The minimum atomic E-state index is -0.589. The Morgan fingerprint density at radius 2 is 1.76 bits per heavy atom. The third-order valence-electron chi connectivity index (χ3n) is 3.19. The van der Waals surface area contributed by atoms with E-state index in [0.717, 1.165) is 11.3 Å². The van der Waals surface area contributed by atoms with Crippen molar-refractivity contribution in [3.8, 4) is 0 Å².